The van der Waals surface area contributed by atoms with Crippen LogP contribution in [0.4, 0.5) is 5.82 Å². The summed E-state index contributed by atoms with van der Waals surface area (Å²) in [4.78, 5) is 7.12. The molecule has 0 N–H and O–H groups in total. The maximum Gasteiger partial charge on any atom is 0.144 e. The standard InChI is InChI=1S/C18H22N2O/c1-4-20-11-10-16-13(2)17(14(3)19-18(16)20)21-12-15-8-6-5-7-9-15/h5-9H,4,10-12H2,1-3H3. The van der Waals surface area contributed by atoms with Crippen LogP contribution in [-0.2, 0) is 13.0 Å². The molecule has 0 unspecified atom stereocenters. The number of anilines is 1. The van der Waals surface area contributed by atoms with Crippen molar-refractivity contribution in [2.45, 2.75) is 33.8 Å². The van der Waals surface area contributed by atoms with Crippen LogP contribution in [0, 0.1) is 13.8 Å². The van der Waals surface area contributed by atoms with E-state index in [9.17, 15) is 0 Å². The van der Waals surface area contributed by atoms with Crippen LogP contribution < -0.4 is 9.64 Å². The molecule has 0 amide bonds. The molecule has 1 aliphatic heterocycles. The van der Waals surface area contributed by atoms with Crippen LogP contribution in [0.1, 0.15) is 29.3 Å². The average molecular weight is 282 g/mol. The Morgan fingerprint density at radius 3 is 2.67 bits per heavy atom. The van der Waals surface area contributed by atoms with Gasteiger partial charge in [-0.05, 0) is 38.3 Å². The Bertz CT molecular complexity index is 637. The molecular weight excluding hydrogens is 260 g/mol. The normalized spacial score (nSPS) is 13.4. The molecule has 0 spiro atoms. The number of aromatic nitrogens is 1. The van der Waals surface area contributed by atoms with Crippen molar-refractivity contribution < 1.29 is 4.74 Å². The van der Waals surface area contributed by atoms with Gasteiger partial charge < -0.3 is 9.64 Å². The van der Waals surface area contributed by atoms with E-state index in [0.29, 0.717) is 6.61 Å². The van der Waals surface area contributed by atoms with E-state index in [4.69, 9.17) is 9.72 Å². The Labute approximate surface area is 126 Å². The Hall–Kier alpha value is -2.03. The van der Waals surface area contributed by atoms with Gasteiger partial charge in [0.25, 0.3) is 0 Å². The molecule has 0 fully saturated rings. The van der Waals surface area contributed by atoms with E-state index in [1.165, 1.54) is 16.7 Å². The van der Waals surface area contributed by atoms with Crippen molar-refractivity contribution in [3.63, 3.8) is 0 Å². The zero-order valence-corrected chi connectivity index (χ0v) is 13.0. The number of aryl methyl sites for hydroxylation is 1. The SMILES string of the molecule is CCN1CCc2c1nc(C)c(OCc1ccccc1)c2C. The first-order chi connectivity index (χ1) is 10.2. The second-order valence-electron chi connectivity index (χ2n) is 5.56. The van der Waals surface area contributed by atoms with E-state index in [1.807, 2.05) is 25.1 Å². The lowest BCUT2D eigenvalue weighted by Gasteiger charge is -2.19. The maximum atomic E-state index is 6.07. The van der Waals surface area contributed by atoms with E-state index >= 15 is 0 Å². The highest BCUT2D eigenvalue weighted by Gasteiger charge is 2.24. The molecule has 2 heterocycles. The number of benzene rings is 1. The van der Waals surface area contributed by atoms with E-state index in [2.05, 4.69) is 30.9 Å². The van der Waals surface area contributed by atoms with Gasteiger partial charge >= 0.3 is 0 Å². The van der Waals surface area contributed by atoms with Gasteiger partial charge in [0.05, 0.1) is 5.69 Å². The highest BCUT2D eigenvalue weighted by atomic mass is 16.5. The summed E-state index contributed by atoms with van der Waals surface area (Å²) in [5, 5.41) is 0. The Morgan fingerprint density at radius 1 is 1.19 bits per heavy atom. The van der Waals surface area contributed by atoms with Crippen molar-refractivity contribution in [3.05, 3.63) is 52.7 Å². The highest BCUT2D eigenvalue weighted by Crippen LogP contribution is 2.35. The molecule has 1 aromatic carbocycles. The van der Waals surface area contributed by atoms with E-state index < -0.39 is 0 Å². The molecule has 21 heavy (non-hydrogen) atoms. The number of hydrogen-bond acceptors (Lipinski definition) is 3. The van der Waals surface area contributed by atoms with Gasteiger partial charge in [-0.2, -0.15) is 0 Å². The number of nitrogens with zero attached hydrogens (tertiary/aromatic N) is 2. The first-order valence-electron chi connectivity index (χ1n) is 7.62. The first kappa shape index (κ1) is 13.9. The molecule has 3 nitrogen and oxygen atoms in total. The van der Waals surface area contributed by atoms with Crippen LogP contribution >= 0.6 is 0 Å². The van der Waals surface area contributed by atoms with Gasteiger partial charge in [0.15, 0.2) is 0 Å². The summed E-state index contributed by atoms with van der Waals surface area (Å²) < 4.78 is 6.07. The van der Waals surface area contributed by atoms with Gasteiger partial charge in [-0.15, -0.1) is 0 Å². The number of fused-ring (bicyclic) bond motifs is 1. The molecule has 110 valence electrons. The minimum absolute atomic E-state index is 0.598. The minimum atomic E-state index is 0.598. The van der Waals surface area contributed by atoms with Gasteiger partial charge in [-0.25, -0.2) is 4.98 Å². The van der Waals surface area contributed by atoms with Crippen LogP contribution in [0.3, 0.4) is 0 Å². The predicted octanol–water partition coefficient (Wildman–Crippen LogP) is 3.66. The van der Waals surface area contributed by atoms with Crippen molar-refractivity contribution in [3.8, 4) is 5.75 Å². The number of likely N-dealkylation sites (N-methyl/N-ethyl adjacent to an activating group) is 1. The third kappa shape index (κ3) is 2.60. The highest BCUT2D eigenvalue weighted by molar-refractivity contribution is 5.60. The lowest BCUT2D eigenvalue weighted by atomic mass is 10.1. The summed E-state index contributed by atoms with van der Waals surface area (Å²) in [5.41, 5.74) is 4.78. The molecule has 1 aromatic heterocycles. The zero-order chi connectivity index (χ0) is 14.8. The largest absolute Gasteiger partial charge is 0.487 e. The van der Waals surface area contributed by atoms with Crippen molar-refractivity contribution in [1.29, 1.82) is 0 Å². The lowest BCUT2D eigenvalue weighted by Crippen LogP contribution is -2.20. The van der Waals surface area contributed by atoms with Crippen LogP contribution in [0.15, 0.2) is 30.3 Å². The van der Waals surface area contributed by atoms with Gasteiger partial charge in [-0.3, -0.25) is 0 Å². The molecule has 0 saturated carbocycles. The fourth-order valence-corrected chi connectivity index (χ4v) is 3.02. The van der Waals surface area contributed by atoms with E-state index in [-0.39, 0.29) is 0 Å². The summed E-state index contributed by atoms with van der Waals surface area (Å²) in [7, 11) is 0. The molecule has 3 rings (SSSR count). The predicted molar refractivity (Wildman–Crippen MR) is 86.1 cm³/mol. The molecule has 0 bridgehead atoms. The van der Waals surface area contributed by atoms with Crippen molar-refractivity contribution in [1.82, 2.24) is 4.98 Å². The van der Waals surface area contributed by atoms with Gasteiger partial charge in [-0.1, -0.05) is 30.3 Å². The van der Waals surface area contributed by atoms with Crippen LogP contribution in [0.25, 0.3) is 0 Å². The lowest BCUT2D eigenvalue weighted by molar-refractivity contribution is 0.300. The van der Waals surface area contributed by atoms with Gasteiger partial charge in [0.1, 0.15) is 18.2 Å². The van der Waals surface area contributed by atoms with Crippen molar-refractivity contribution in [2.24, 2.45) is 0 Å². The third-order valence-corrected chi connectivity index (χ3v) is 4.20. The Kier molecular flexibility index (Phi) is 3.82. The van der Waals surface area contributed by atoms with Crippen LogP contribution in [0.5, 0.6) is 5.75 Å². The fourth-order valence-electron chi connectivity index (χ4n) is 3.02. The quantitative estimate of drug-likeness (QED) is 0.855. The molecule has 0 saturated heterocycles. The zero-order valence-electron chi connectivity index (χ0n) is 13.0. The third-order valence-electron chi connectivity index (χ3n) is 4.20. The molecule has 0 aliphatic carbocycles. The number of rotatable bonds is 4. The number of pyridine rings is 1. The topological polar surface area (TPSA) is 25.4 Å². The van der Waals surface area contributed by atoms with Gasteiger partial charge in [0, 0.05) is 18.7 Å². The van der Waals surface area contributed by atoms with E-state index in [0.717, 1.165) is 36.8 Å². The molecule has 0 radical (unpaired) electrons. The molecular formula is C18H22N2O. The Balaban J connectivity index is 1.87. The summed E-state index contributed by atoms with van der Waals surface area (Å²) in [6, 6.07) is 10.3. The minimum Gasteiger partial charge on any atom is -0.487 e. The molecule has 3 heteroatoms. The summed E-state index contributed by atoms with van der Waals surface area (Å²) in [5.74, 6) is 2.11. The Morgan fingerprint density at radius 2 is 1.95 bits per heavy atom. The van der Waals surface area contributed by atoms with Crippen molar-refractivity contribution in [2.75, 3.05) is 18.0 Å². The van der Waals surface area contributed by atoms with Crippen LogP contribution in [0.2, 0.25) is 0 Å². The number of ether oxygens (including phenoxy) is 1. The fraction of sp³-hybridized carbons (Fsp3) is 0.389. The average Bonchev–Trinajstić information content (AvgIpc) is 2.91. The van der Waals surface area contributed by atoms with Gasteiger partial charge in [0.2, 0.25) is 0 Å². The molecule has 0 atom stereocenters. The first-order valence-corrected chi connectivity index (χ1v) is 7.62. The second kappa shape index (κ2) is 5.76. The van der Waals surface area contributed by atoms with Crippen molar-refractivity contribution >= 4 is 5.82 Å². The molecule has 1 aliphatic rings. The second-order valence-corrected chi connectivity index (χ2v) is 5.56. The monoisotopic (exact) mass is 282 g/mol. The van der Waals surface area contributed by atoms with Crippen LogP contribution in [-0.4, -0.2) is 18.1 Å². The van der Waals surface area contributed by atoms with E-state index in [1.54, 1.807) is 0 Å². The molecule has 2 aromatic rings. The summed E-state index contributed by atoms with van der Waals surface area (Å²) in [6.07, 6.45) is 1.07. The maximum absolute atomic E-state index is 6.07. The smallest absolute Gasteiger partial charge is 0.144 e. The summed E-state index contributed by atoms with van der Waals surface area (Å²) >= 11 is 0. The summed E-state index contributed by atoms with van der Waals surface area (Å²) in [6.45, 7) is 9.07. The number of hydrogen-bond donors (Lipinski definition) is 0.